The van der Waals surface area contributed by atoms with Gasteiger partial charge in [-0.2, -0.15) is 0 Å². The van der Waals surface area contributed by atoms with Crippen molar-refractivity contribution in [2.24, 2.45) is 0 Å². The molecular weight excluding hydrogens is 472 g/mol. The maximum Gasteiger partial charge on any atom is 0.151 e. The number of thiazole rings is 1. The van der Waals surface area contributed by atoms with Gasteiger partial charge in [0.05, 0.1) is 21.8 Å². The molecule has 0 aliphatic carbocycles. The van der Waals surface area contributed by atoms with Crippen molar-refractivity contribution in [1.29, 1.82) is 0 Å². The maximum atomic E-state index is 10.5. The molecule has 34 heavy (non-hydrogen) atoms. The Balaban J connectivity index is 1.05. The second kappa shape index (κ2) is 10.4. The van der Waals surface area contributed by atoms with Gasteiger partial charge in [-0.3, -0.25) is 9.80 Å². The molecule has 0 radical (unpaired) electrons. The predicted molar refractivity (Wildman–Crippen MR) is 135 cm³/mol. The van der Waals surface area contributed by atoms with E-state index >= 15 is 0 Å². The van der Waals surface area contributed by atoms with Crippen LogP contribution in [0.2, 0.25) is 5.02 Å². The number of piperazine rings is 1. The number of fused-ring (bicyclic) bond motifs is 1. The zero-order valence-electron chi connectivity index (χ0n) is 19.0. The fraction of sp³-hybridized carbons (Fsp3) is 0.360. The summed E-state index contributed by atoms with van der Waals surface area (Å²) >= 11 is 7.63. The lowest BCUT2D eigenvalue weighted by molar-refractivity contribution is 0.0430. The van der Waals surface area contributed by atoms with Gasteiger partial charge in [-0.1, -0.05) is 28.9 Å². The highest BCUT2D eigenvalue weighted by atomic mass is 35.5. The minimum absolute atomic E-state index is 0.264. The van der Waals surface area contributed by atoms with E-state index in [2.05, 4.69) is 19.9 Å². The smallest absolute Gasteiger partial charge is 0.151 e. The van der Waals surface area contributed by atoms with Crippen molar-refractivity contribution in [2.45, 2.75) is 19.6 Å². The van der Waals surface area contributed by atoms with Gasteiger partial charge in [-0.05, 0) is 31.2 Å². The number of aryl methyl sites for hydroxylation is 1. The lowest BCUT2D eigenvalue weighted by Crippen LogP contribution is -2.48. The molecule has 0 unspecified atom stereocenters. The topological polar surface area (TPSA) is 74.9 Å². The van der Waals surface area contributed by atoms with Crippen LogP contribution >= 0.6 is 22.9 Å². The third-order valence-electron chi connectivity index (χ3n) is 5.92. The van der Waals surface area contributed by atoms with Crippen LogP contribution in [0.25, 0.3) is 21.5 Å². The Bertz CT molecular complexity index is 1230. The van der Waals surface area contributed by atoms with E-state index in [1.165, 1.54) is 0 Å². The number of halogens is 1. The van der Waals surface area contributed by atoms with Gasteiger partial charge in [0.2, 0.25) is 0 Å². The number of rotatable bonds is 8. The third kappa shape index (κ3) is 5.76. The van der Waals surface area contributed by atoms with Crippen LogP contribution in [0.5, 0.6) is 5.75 Å². The number of ether oxygens (including phenoxy) is 1. The molecule has 2 aromatic carbocycles. The van der Waals surface area contributed by atoms with Gasteiger partial charge in [-0.25, -0.2) is 4.98 Å². The van der Waals surface area contributed by atoms with Crippen molar-refractivity contribution in [1.82, 2.24) is 19.9 Å². The highest BCUT2D eigenvalue weighted by molar-refractivity contribution is 7.18. The highest BCUT2D eigenvalue weighted by Gasteiger charge is 2.21. The van der Waals surface area contributed by atoms with Crippen molar-refractivity contribution >= 4 is 33.2 Å². The van der Waals surface area contributed by atoms with E-state index < -0.39 is 6.10 Å². The lowest BCUT2D eigenvalue weighted by atomic mass is 10.1. The SMILES string of the molecule is Cc1nc2cc(OC[C@@H](O)CN3CCN(Cc4cc(-c5ccc(Cl)cc5)no4)CC3)ccc2s1. The van der Waals surface area contributed by atoms with Gasteiger partial charge in [0, 0.05) is 55.4 Å². The molecule has 0 saturated carbocycles. The van der Waals surface area contributed by atoms with Crippen molar-refractivity contribution in [3.8, 4) is 17.0 Å². The molecule has 1 atom stereocenters. The number of β-amino-alcohol motifs (C(OH)–C–C–N with tert-alkyl or cyclic N) is 1. The first-order chi connectivity index (χ1) is 16.5. The normalized spacial score (nSPS) is 16.2. The molecule has 1 aliphatic rings. The molecule has 3 heterocycles. The summed E-state index contributed by atoms with van der Waals surface area (Å²) in [4.78, 5) is 9.12. The number of hydrogen-bond acceptors (Lipinski definition) is 8. The van der Waals surface area contributed by atoms with E-state index in [0.717, 1.165) is 70.7 Å². The summed E-state index contributed by atoms with van der Waals surface area (Å²) in [6.45, 7) is 7.17. The van der Waals surface area contributed by atoms with Crippen molar-refractivity contribution in [2.75, 3.05) is 39.3 Å². The van der Waals surface area contributed by atoms with Gasteiger partial charge in [0.25, 0.3) is 0 Å². The Hall–Kier alpha value is -2.49. The minimum Gasteiger partial charge on any atom is -0.491 e. The molecule has 1 N–H and O–H groups in total. The molecular formula is C25H27ClN4O3S. The number of aromatic nitrogens is 2. The number of nitrogens with zero attached hydrogens (tertiary/aromatic N) is 4. The van der Waals surface area contributed by atoms with Crippen molar-refractivity contribution in [3.05, 3.63) is 64.3 Å². The lowest BCUT2D eigenvalue weighted by Gasteiger charge is -2.35. The van der Waals surface area contributed by atoms with E-state index in [1.54, 1.807) is 11.3 Å². The standard InChI is InChI=1S/C25H27ClN4O3S/c1-17-27-24-12-21(6-7-25(24)34-17)32-16-20(31)14-29-8-10-30(11-9-29)15-22-13-23(28-33-22)18-2-4-19(26)5-3-18/h2-7,12-13,20,31H,8-11,14-16H2,1H3/t20-/m0/s1. The monoisotopic (exact) mass is 498 g/mol. The van der Waals surface area contributed by atoms with Crippen LogP contribution in [0, 0.1) is 6.92 Å². The number of aliphatic hydroxyl groups excluding tert-OH is 1. The van der Waals surface area contributed by atoms with Crippen molar-refractivity contribution < 1.29 is 14.4 Å². The summed E-state index contributed by atoms with van der Waals surface area (Å²) in [7, 11) is 0. The molecule has 1 saturated heterocycles. The second-order valence-corrected chi connectivity index (χ2v) is 10.3. The van der Waals surface area contributed by atoms with Gasteiger partial charge in [0.1, 0.15) is 24.2 Å². The Labute approximate surface area is 207 Å². The van der Waals surface area contributed by atoms with Crippen LogP contribution in [-0.4, -0.2) is 70.5 Å². The highest BCUT2D eigenvalue weighted by Crippen LogP contribution is 2.26. The zero-order valence-corrected chi connectivity index (χ0v) is 20.6. The summed E-state index contributed by atoms with van der Waals surface area (Å²) in [5.74, 6) is 1.59. The number of benzene rings is 2. The quantitative estimate of drug-likeness (QED) is 0.384. The zero-order chi connectivity index (χ0) is 23.5. The molecule has 5 rings (SSSR count). The van der Waals surface area contributed by atoms with Crippen LogP contribution in [0.3, 0.4) is 0 Å². The molecule has 0 spiro atoms. The summed E-state index contributed by atoms with van der Waals surface area (Å²) < 4.78 is 12.5. The first-order valence-corrected chi connectivity index (χ1v) is 12.6. The fourth-order valence-electron chi connectivity index (χ4n) is 4.15. The van der Waals surface area contributed by atoms with Crippen LogP contribution < -0.4 is 4.74 Å². The number of aliphatic hydroxyl groups is 1. The van der Waals surface area contributed by atoms with Crippen LogP contribution in [0.1, 0.15) is 10.8 Å². The van der Waals surface area contributed by atoms with Crippen LogP contribution in [0.15, 0.2) is 53.1 Å². The van der Waals surface area contributed by atoms with Gasteiger partial charge in [-0.15, -0.1) is 11.3 Å². The molecule has 0 amide bonds. The average Bonchev–Trinajstić information content (AvgIpc) is 3.44. The fourth-order valence-corrected chi connectivity index (χ4v) is 5.08. The van der Waals surface area contributed by atoms with Gasteiger partial charge >= 0.3 is 0 Å². The molecule has 9 heteroatoms. The first-order valence-electron chi connectivity index (χ1n) is 11.4. The molecule has 4 aromatic rings. The Morgan fingerprint density at radius 2 is 1.85 bits per heavy atom. The largest absolute Gasteiger partial charge is 0.491 e. The molecule has 7 nitrogen and oxygen atoms in total. The van der Waals surface area contributed by atoms with Crippen LogP contribution in [0.4, 0.5) is 0 Å². The average molecular weight is 499 g/mol. The third-order valence-corrected chi connectivity index (χ3v) is 7.12. The van der Waals surface area contributed by atoms with E-state index in [1.807, 2.05) is 55.5 Å². The molecule has 1 aliphatic heterocycles. The Kier molecular flexibility index (Phi) is 7.12. The van der Waals surface area contributed by atoms with E-state index in [4.69, 9.17) is 20.9 Å². The van der Waals surface area contributed by atoms with E-state index in [0.29, 0.717) is 11.6 Å². The summed E-state index contributed by atoms with van der Waals surface area (Å²) in [5, 5.41) is 16.4. The molecule has 2 aromatic heterocycles. The molecule has 178 valence electrons. The Morgan fingerprint density at radius 3 is 2.65 bits per heavy atom. The summed E-state index contributed by atoms with van der Waals surface area (Å²) in [5.41, 5.74) is 2.75. The van der Waals surface area contributed by atoms with Crippen molar-refractivity contribution in [3.63, 3.8) is 0 Å². The van der Waals surface area contributed by atoms with Crippen LogP contribution in [-0.2, 0) is 6.54 Å². The van der Waals surface area contributed by atoms with E-state index in [-0.39, 0.29) is 6.61 Å². The second-order valence-electron chi connectivity index (χ2n) is 8.59. The number of hydrogen-bond donors (Lipinski definition) is 1. The minimum atomic E-state index is -0.546. The predicted octanol–water partition coefficient (Wildman–Crippen LogP) is 4.47. The first kappa shape index (κ1) is 23.3. The Morgan fingerprint density at radius 1 is 1.09 bits per heavy atom. The maximum absolute atomic E-state index is 10.5. The summed E-state index contributed by atoms with van der Waals surface area (Å²) in [6.07, 6.45) is -0.546. The molecule has 1 fully saturated rings. The van der Waals surface area contributed by atoms with Gasteiger partial charge in [0.15, 0.2) is 5.76 Å². The summed E-state index contributed by atoms with van der Waals surface area (Å²) in [6, 6.07) is 15.5. The molecule has 0 bridgehead atoms. The van der Waals surface area contributed by atoms with Gasteiger partial charge < -0.3 is 14.4 Å². The van der Waals surface area contributed by atoms with E-state index in [9.17, 15) is 5.11 Å².